The van der Waals surface area contributed by atoms with Crippen LogP contribution in [0.4, 0.5) is 0 Å². The lowest BCUT2D eigenvalue weighted by molar-refractivity contribution is -0.137. The Morgan fingerprint density at radius 2 is 2.00 bits per heavy atom. The fourth-order valence-corrected chi connectivity index (χ4v) is 3.15. The van der Waals surface area contributed by atoms with E-state index >= 15 is 0 Å². The first-order valence-electron chi connectivity index (χ1n) is 9.00. The number of aliphatic hydroxyl groups excluding tert-OH is 1. The van der Waals surface area contributed by atoms with E-state index in [-0.39, 0.29) is 43.6 Å². The number of hydrogen-bond donors (Lipinski definition) is 3. The minimum absolute atomic E-state index is 0.0383. The average molecular weight is 380 g/mol. The van der Waals surface area contributed by atoms with E-state index in [1.807, 2.05) is 24.3 Å². The number of ether oxygens (including phenoxy) is 3. The van der Waals surface area contributed by atoms with Crippen molar-refractivity contribution in [2.24, 2.45) is 0 Å². The van der Waals surface area contributed by atoms with E-state index in [0.717, 1.165) is 11.3 Å². The summed E-state index contributed by atoms with van der Waals surface area (Å²) in [5.74, 6) is 0.337. The predicted molar refractivity (Wildman–Crippen MR) is 98.2 cm³/mol. The summed E-state index contributed by atoms with van der Waals surface area (Å²) >= 11 is 0. The maximum atomic E-state index is 12.2. The molecule has 27 heavy (non-hydrogen) atoms. The number of benzene rings is 1. The van der Waals surface area contributed by atoms with Gasteiger partial charge < -0.3 is 30.0 Å². The van der Waals surface area contributed by atoms with Crippen LogP contribution in [0.5, 0.6) is 5.75 Å². The lowest BCUT2D eigenvalue weighted by Crippen LogP contribution is -2.52. The van der Waals surface area contributed by atoms with E-state index < -0.39 is 6.10 Å². The molecule has 8 heteroatoms. The predicted octanol–water partition coefficient (Wildman–Crippen LogP) is 0.373. The summed E-state index contributed by atoms with van der Waals surface area (Å²) in [7, 11) is 3.04. The van der Waals surface area contributed by atoms with Crippen LogP contribution in [0.1, 0.15) is 24.8 Å². The van der Waals surface area contributed by atoms with Crippen LogP contribution in [0.2, 0.25) is 0 Å². The number of methoxy groups -OCH3 is 2. The molecular weight excluding hydrogens is 352 g/mol. The van der Waals surface area contributed by atoms with Crippen molar-refractivity contribution in [1.29, 1.82) is 0 Å². The second kappa shape index (κ2) is 10.9. The zero-order valence-electron chi connectivity index (χ0n) is 15.8. The molecule has 150 valence electrons. The van der Waals surface area contributed by atoms with Gasteiger partial charge in [-0.2, -0.15) is 0 Å². The van der Waals surface area contributed by atoms with Gasteiger partial charge >= 0.3 is 0 Å². The standard InChI is InChI=1S/C19H28N2O6/c1-25-12-19(24)21-15-8-7-14(27-17(15)11-22)9-18(23)20-10-13-5-3-4-6-16(13)26-2/h3-6,14-15,17,22H,7-12H2,1-2H3,(H,20,23)(H,21,24)/t14-,15+,17+/m0/s1. The molecule has 1 heterocycles. The number of carbonyl (C=O) groups excluding carboxylic acids is 2. The van der Waals surface area contributed by atoms with Crippen LogP contribution in [-0.2, 0) is 25.6 Å². The molecule has 0 aromatic heterocycles. The van der Waals surface area contributed by atoms with E-state index in [0.29, 0.717) is 19.4 Å². The largest absolute Gasteiger partial charge is 0.496 e. The molecule has 1 aliphatic heterocycles. The van der Waals surface area contributed by atoms with Gasteiger partial charge in [-0.25, -0.2) is 0 Å². The van der Waals surface area contributed by atoms with E-state index in [9.17, 15) is 14.7 Å². The van der Waals surface area contributed by atoms with Crippen LogP contribution in [0.25, 0.3) is 0 Å². The van der Waals surface area contributed by atoms with Crippen molar-refractivity contribution in [3.8, 4) is 5.75 Å². The highest BCUT2D eigenvalue weighted by molar-refractivity contribution is 5.77. The summed E-state index contributed by atoms with van der Waals surface area (Å²) in [4.78, 5) is 23.9. The first kappa shape index (κ1) is 21.1. The van der Waals surface area contributed by atoms with Crippen LogP contribution < -0.4 is 15.4 Å². The summed E-state index contributed by atoms with van der Waals surface area (Å²) in [5, 5.41) is 15.2. The van der Waals surface area contributed by atoms with Crippen molar-refractivity contribution in [1.82, 2.24) is 10.6 Å². The zero-order chi connectivity index (χ0) is 19.6. The van der Waals surface area contributed by atoms with Gasteiger partial charge in [0.05, 0.1) is 32.3 Å². The smallest absolute Gasteiger partial charge is 0.246 e. The van der Waals surface area contributed by atoms with Gasteiger partial charge in [0.25, 0.3) is 0 Å². The lowest BCUT2D eigenvalue weighted by atomic mass is 9.97. The third-order valence-corrected chi connectivity index (χ3v) is 4.50. The molecule has 2 rings (SSSR count). The van der Waals surface area contributed by atoms with Crippen molar-refractivity contribution >= 4 is 11.8 Å². The monoisotopic (exact) mass is 380 g/mol. The molecule has 1 saturated heterocycles. The Morgan fingerprint density at radius 3 is 2.70 bits per heavy atom. The van der Waals surface area contributed by atoms with Gasteiger partial charge in [-0.05, 0) is 18.9 Å². The molecular formula is C19H28N2O6. The Balaban J connectivity index is 1.80. The third kappa shape index (κ3) is 6.50. The molecule has 1 fully saturated rings. The Labute approximate surface area is 159 Å². The molecule has 0 bridgehead atoms. The third-order valence-electron chi connectivity index (χ3n) is 4.50. The minimum atomic E-state index is -0.536. The summed E-state index contributed by atoms with van der Waals surface area (Å²) in [6.07, 6.45) is 0.619. The van der Waals surface area contributed by atoms with Gasteiger partial charge in [0.2, 0.25) is 11.8 Å². The van der Waals surface area contributed by atoms with Gasteiger partial charge in [0.1, 0.15) is 18.5 Å². The lowest BCUT2D eigenvalue weighted by Gasteiger charge is -2.35. The van der Waals surface area contributed by atoms with Crippen molar-refractivity contribution in [2.45, 2.75) is 44.1 Å². The van der Waals surface area contributed by atoms with E-state index in [2.05, 4.69) is 10.6 Å². The highest BCUT2D eigenvalue weighted by Crippen LogP contribution is 2.22. The number of carbonyl (C=O) groups is 2. The highest BCUT2D eigenvalue weighted by atomic mass is 16.5. The van der Waals surface area contributed by atoms with Crippen molar-refractivity contribution < 1.29 is 28.9 Å². The number of para-hydroxylation sites is 1. The van der Waals surface area contributed by atoms with Crippen LogP contribution >= 0.6 is 0 Å². The molecule has 8 nitrogen and oxygen atoms in total. The molecule has 0 aliphatic carbocycles. The quantitative estimate of drug-likeness (QED) is 0.572. The Kier molecular flexibility index (Phi) is 8.50. The molecule has 0 radical (unpaired) electrons. The van der Waals surface area contributed by atoms with Crippen LogP contribution in [-0.4, -0.2) is 62.6 Å². The van der Waals surface area contributed by atoms with Crippen molar-refractivity contribution in [2.75, 3.05) is 27.4 Å². The topological polar surface area (TPSA) is 106 Å². The van der Waals surface area contributed by atoms with Crippen LogP contribution in [0.3, 0.4) is 0 Å². The molecule has 0 spiro atoms. The molecule has 1 aromatic rings. The summed E-state index contributed by atoms with van der Waals surface area (Å²) in [5.41, 5.74) is 0.895. The second-order valence-corrected chi connectivity index (χ2v) is 6.46. The summed E-state index contributed by atoms with van der Waals surface area (Å²) in [6.45, 7) is 0.107. The fourth-order valence-electron chi connectivity index (χ4n) is 3.15. The second-order valence-electron chi connectivity index (χ2n) is 6.46. The van der Waals surface area contributed by atoms with Gasteiger partial charge in [0.15, 0.2) is 0 Å². The number of nitrogens with one attached hydrogen (secondary N) is 2. The first-order valence-corrected chi connectivity index (χ1v) is 9.00. The van der Waals surface area contributed by atoms with Gasteiger partial charge in [-0.1, -0.05) is 18.2 Å². The maximum Gasteiger partial charge on any atom is 0.246 e. The van der Waals surface area contributed by atoms with E-state index in [1.165, 1.54) is 7.11 Å². The van der Waals surface area contributed by atoms with Crippen molar-refractivity contribution in [3.05, 3.63) is 29.8 Å². The Morgan fingerprint density at radius 1 is 1.22 bits per heavy atom. The number of rotatable bonds is 9. The molecule has 0 saturated carbocycles. The molecule has 1 aliphatic rings. The molecule has 3 atom stereocenters. The molecule has 1 aromatic carbocycles. The van der Waals surface area contributed by atoms with Crippen molar-refractivity contribution in [3.63, 3.8) is 0 Å². The Hall–Kier alpha value is -2.16. The van der Waals surface area contributed by atoms with E-state index in [4.69, 9.17) is 14.2 Å². The molecule has 2 amide bonds. The summed E-state index contributed by atoms with van der Waals surface area (Å²) in [6, 6.07) is 7.21. The number of hydrogen-bond acceptors (Lipinski definition) is 6. The maximum absolute atomic E-state index is 12.2. The normalized spacial score (nSPS) is 22.1. The van der Waals surface area contributed by atoms with E-state index in [1.54, 1.807) is 7.11 Å². The average Bonchev–Trinajstić information content (AvgIpc) is 2.68. The summed E-state index contributed by atoms with van der Waals surface area (Å²) < 4.78 is 15.9. The first-order chi connectivity index (χ1) is 13.1. The fraction of sp³-hybridized carbons (Fsp3) is 0.579. The SMILES string of the molecule is COCC(=O)N[C@@H]1CC[C@@H](CC(=O)NCc2ccccc2OC)O[C@@H]1CO. The molecule has 0 unspecified atom stereocenters. The van der Waals surface area contributed by atoms with Crippen LogP contribution in [0, 0.1) is 0 Å². The highest BCUT2D eigenvalue weighted by Gasteiger charge is 2.32. The number of aliphatic hydroxyl groups is 1. The van der Waals surface area contributed by atoms with Gasteiger partial charge in [-0.15, -0.1) is 0 Å². The minimum Gasteiger partial charge on any atom is -0.496 e. The molecule has 3 N–H and O–H groups in total. The zero-order valence-corrected chi connectivity index (χ0v) is 15.8. The number of amides is 2. The van der Waals surface area contributed by atoms with Gasteiger partial charge in [-0.3, -0.25) is 9.59 Å². The Bertz CT molecular complexity index is 624. The van der Waals surface area contributed by atoms with Gasteiger partial charge in [0, 0.05) is 19.2 Å². The van der Waals surface area contributed by atoms with Crippen LogP contribution in [0.15, 0.2) is 24.3 Å².